The van der Waals surface area contributed by atoms with Gasteiger partial charge < -0.3 is 24.8 Å². The van der Waals surface area contributed by atoms with Crippen molar-refractivity contribution in [1.29, 1.82) is 0 Å². The smallest absolute Gasteiger partial charge is 0.254 e. The minimum absolute atomic E-state index is 0.0284. The number of nitrogens with zero attached hydrogens (tertiary/aromatic N) is 2. The third-order valence-electron chi connectivity index (χ3n) is 4.67. The molecule has 0 unspecified atom stereocenters. The molecule has 26 heavy (non-hydrogen) atoms. The number of hydrogen-bond donors (Lipinski definition) is 1. The second-order valence-electron chi connectivity index (χ2n) is 6.68. The Morgan fingerprint density at radius 1 is 1.23 bits per heavy atom. The van der Waals surface area contributed by atoms with E-state index in [-0.39, 0.29) is 12.0 Å². The maximum absolute atomic E-state index is 13.0. The molecule has 1 amide bonds. The van der Waals surface area contributed by atoms with Crippen LogP contribution in [0.1, 0.15) is 16.8 Å². The Kier molecular flexibility index (Phi) is 7.25. The summed E-state index contributed by atoms with van der Waals surface area (Å²) in [5, 5.41) is 0. The van der Waals surface area contributed by atoms with Crippen LogP contribution in [0.2, 0.25) is 0 Å². The van der Waals surface area contributed by atoms with E-state index in [1.807, 2.05) is 23.1 Å². The van der Waals surface area contributed by atoms with Crippen LogP contribution in [0.25, 0.3) is 0 Å². The van der Waals surface area contributed by atoms with E-state index in [1.54, 1.807) is 6.07 Å². The van der Waals surface area contributed by atoms with Gasteiger partial charge in [0.15, 0.2) is 0 Å². The van der Waals surface area contributed by atoms with Gasteiger partial charge in [-0.1, -0.05) is 6.07 Å². The van der Waals surface area contributed by atoms with Crippen LogP contribution in [0.3, 0.4) is 0 Å². The van der Waals surface area contributed by atoms with Crippen molar-refractivity contribution in [2.75, 3.05) is 65.7 Å². The van der Waals surface area contributed by atoms with E-state index in [4.69, 9.17) is 19.9 Å². The summed E-state index contributed by atoms with van der Waals surface area (Å²) in [6.45, 7) is 7.14. The molecular formula is C19H29N3O4. The average molecular weight is 363 g/mol. The SMILES string of the molecule is NCCOc1cccc(C(=O)N2CCCO[C@H](CN3CCOCC3)C2)c1. The summed E-state index contributed by atoms with van der Waals surface area (Å²) in [6.07, 6.45) is 0.894. The largest absolute Gasteiger partial charge is 0.492 e. The summed E-state index contributed by atoms with van der Waals surface area (Å²) in [4.78, 5) is 17.2. The molecule has 0 aromatic heterocycles. The van der Waals surface area contributed by atoms with Gasteiger partial charge in [-0.3, -0.25) is 9.69 Å². The number of benzene rings is 1. The van der Waals surface area contributed by atoms with Crippen LogP contribution < -0.4 is 10.5 Å². The predicted molar refractivity (Wildman–Crippen MR) is 98.5 cm³/mol. The van der Waals surface area contributed by atoms with Crippen molar-refractivity contribution < 1.29 is 19.0 Å². The minimum atomic E-state index is 0.0284. The van der Waals surface area contributed by atoms with E-state index in [2.05, 4.69) is 4.90 Å². The standard InChI is InChI=1S/C19H29N3O4/c20-5-10-26-17-4-1-3-16(13-17)19(23)22-6-2-9-25-18(15-22)14-21-7-11-24-12-8-21/h1,3-4,13,18H,2,5-12,14-15,20H2/t18-/m1/s1. The molecule has 1 aromatic rings. The number of morpholine rings is 1. The fourth-order valence-electron chi connectivity index (χ4n) is 3.34. The Morgan fingerprint density at radius 3 is 2.88 bits per heavy atom. The van der Waals surface area contributed by atoms with Crippen LogP contribution in [0.15, 0.2) is 24.3 Å². The highest BCUT2D eigenvalue weighted by atomic mass is 16.5. The molecule has 0 radical (unpaired) electrons. The van der Waals surface area contributed by atoms with Crippen LogP contribution in [0.5, 0.6) is 5.75 Å². The molecule has 1 atom stereocenters. The van der Waals surface area contributed by atoms with Crippen molar-refractivity contribution in [1.82, 2.24) is 9.80 Å². The van der Waals surface area contributed by atoms with E-state index in [9.17, 15) is 4.79 Å². The first kappa shape index (κ1) is 19.1. The van der Waals surface area contributed by atoms with E-state index in [0.717, 1.165) is 39.3 Å². The molecule has 0 saturated carbocycles. The average Bonchev–Trinajstić information content (AvgIpc) is 2.92. The summed E-state index contributed by atoms with van der Waals surface area (Å²) in [7, 11) is 0. The van der Waals surface area contributed by atoms with Crippen molar-refractivity contribution in [3.05, 3.63) is 29.8 Å². The number of carbonyl (C=O) groups is 1. The van der Waals surface area contributed by atoms with Gasteiger partial charge in [-0.25, -0.2) is 0 Å². The quantitative estimate of drug-likeness (QED) is 0.797. The highest BCUT2D eigenvalue weighted by molar-refractivity contribution is 5.94. The van der Waals surface area contributed by atoms with Crippen molar-refractivity contribution in [3.8, 4) is 5.75 Å². The van der Waals surface area contributed by atoms with E-state index in [1.165, 1.54) is 0 Å². The third kappa shape index (κ3) is 5.41. The fourth-order valence-corrected chi connectivity index (χ4v) is 3.34. The van der Waals surface area contributed by atoms with Crippen molar-refractivity contribution in [2.24, 2.45) is 5.73 Å². The molecule has 2 saturated heterocycles. The van der Waals surface area contributed by atoms with Crippen LogP contribution in [-0.2, 0) is 9.47 Å². The first-order valence-electron chi connectivity index (χ1n) is 9.40. The number of ether oxygens (including phenoxy) is 3. The minimum Gasteiger partial charge on any atom is -0.492 e. The molecule has 2 aliphatic rings. The summed E-state index contributed by atoms with van der Waals surface area (Å²) < 4.78 is 16.9. The van der Waals surface area contributed by atoms with E-state index in [0.29, 0.717) is 44.2 Å². The molecule has 2 aliphatic heterocycles. The molecule has 2 fully saturated rings. The topological polar surface area (TPSA) is 77.3 Å². The lowest BCUT2D eigenvalue weighted by Crippen LogP contribution is -2.45. The van der Waals surface area contributed by atoms with Gasteiger partial charge >= 0.3 is 0 Å². The first-order chi connectivity index (χ1) is 12.8. The van der Waals surface area contributed by atoms with Gasteiger partial charge in [-0.05, 0) is 24.6 Å². The summed E-state index contributed by atoms with van der Waals surface area (Å²) >= 11 is 0. The highest BCUT2D eigenvalue weighted by Gasteiger charge is 2.26. The molecule has 7 heteroatoms. The summed E-state index contributed by atoms with van der Waals surface area (Å²) in [6, 6.07) is 7.32. The highest BCUT2D eigenvalue weighted by Crippen LogP contribution is 2.17. The van der Waals surface area contributed by atoms with Crippen LogP contribution in [0, 0.1) is 0 Å². The van der Waals surface area contributed by atoms with Gasteiger partial charge in [0.05, 0.1) is 19.3 Å². The van der Waals surface area contributed by atoms with Crippen LogP contribution >= 0.6 is 0 Å². The lowest BCUT2D eigenvalue weighted by atomic mass is 10.1. The molecule has 2 N–H and O–H groups in total. The Labute approximate surface area is 155 Å². The summed E-state index contributed by atoms with van der Waals surface area (Å²) in [5.41, 5.74) is 6.12. The molecule has 2 heterocycles. The molecule has 0 bridgehead atoms. The second-order valence-corrected chi connectivity index (χ2v) is 6.68. The zero-order valence-electron chi connectivity index (χ0n) is 15.3. The predicted octanol–water partition coefficient (Wildman–Crippen LogP) is 0.587. The third-order valence-corrected chi connectivity index (χ3v) is 4.67. The Hall–Kier alpha value is -1.67. The van der Waals surface area contributed by atoms with Gasteiger partial charge in [0.2, 0.25) is 0 Å². The molecule has 0 aliphatic carbocycles. The number of nitrogens with two attached hydrogens (primary N) is 1. The Balaban J connectivity index is 1.61. The van der Waals surface area contributed by atoms with Gasteiger partial charge in [-0.15, -0.1) is 0 Å². The van der Waals surface area contributed by atoms with Crippen molar-refractivity contribution in [2.45, 2.75) is 12.5 Å². The van der Waals surface area contributed by atoms with Gasteiger partial charge in [-0.2, -0.15) is 0 Å². The molecule has 0 spiro atoms. The van der Waals surface area contributed by atoms with Gasteiger partial charge in [0.25, 0.3) is 5.91 Å². The van der Waals surface area contributed by atoms with Crippen LogP contribution in [-0.4, -0.2) is 87.5 Å². The maximum Gasteiger partial charge on any atom is 0.254 e. The maximum atomic E-state index is 13.0. The first-order valence-corrected chi connectivity index (χ1v) is 9.40. The van der Waals surface area contributed by atoms with Gasteiger partial charge in [0, 0.05) is 51.4 Å². The van der Waals surface area contributed by atoms with Crippen molar-refractivity contribution >= 4 is 5.91 Å². The lowest BCUT2D eigenvalue weighted by Gasteiger charge is -2.31. The lowest BCUT2D eigenvalue weighted by molar-refractivity contribution is -0.0112. The number of rotatable bonds is 6. The number of amides is 1. The molecule has 1 aromatic carbocycles. The van der Waals surface area contributed by atoms with Gasteiger partial charge in [0.1, 0.15) is 12.4 Å². The van der Waals surface area contributed by atoms with Crippen LogP contribution in [0.4, 0.5) is 0 Å². The molecule has 144 valence electrons. The zero-order chi connectivity index (χ0) is 18.2. The number of hydrogen-bond acceptors (Lipinski definition) is 6. The van der Waals surface area contributed by atoms with E-state index < -0.39 is 0 Å². The number of carbonyl (C=O) groups excluding carboxylic acids is 1. The molecule has 7 nitrogen and oxygen atoms in total. The zero-order valence-corrected chi connectivity index (χ0v) is 15.3. The van der Waals surface area contributed by atoms with E-state index >= 15 is 0 Å². The molecular weight excluding hydrogens is 334 g/mol. The van der Waals surface area contributed by atoms with Crippen molar-refractivity contribution in [3.63, 3.8) is 0 Å². The Morgan fingerprint density at radius 2 is 2.08 bits per heavy atom. The Bertz CT molecular complexity index is 578. The second kappa shape index (κ2) is 9.87. The fraction of sp³-hybridized carbons (Fsp3) is 0.632. The monoisotopic (exact) mass is 363 g/mol. The normalized spacial score (nSPS) is 22.0. The molecule has 3 rings (SSSR count). The summed E-state index contributed by atoms with van der Waals surface area (Å²) in [5.74, 6) is 0.706.